The van der Waals surface area contributed by atoms with Crippen molar-refractivity contribution in [3.63, 3.8) is 0 Å². The number of ether oxygens (including phenoxy) is 4. The Morgan fingerprint density at radius 1 is 1.30 bits per heavy atom. The number of halogens is 1. The van der Waals surface area contributed by atoms with Gasteiger partial charge >= 0.3 is 11.9 Å². The second kappa shape index (κ2) is 10.0. The molecule has 0 amide bonds. The van der Waals surface area contributed by atoms with E-state index >= 15 is 0 Å². The quantitative estimate of drug-likeness (QED) is 0.536. The molecule has 0 bridgehead atoms. The topological polar surface area (TPSA) is 141 Å². The smallest absolute Gasteiger partial charge is 0.341 e. The molecule has 9 nitrogen and oxygen atoms in total. The number of carboxylic acids is 1. The van der Waals surface area contributed by atoms with E-state index in [-0.39, 0.29) is 47.5 Å². The lowest BCUT2D eigenvalue weighted by Gasteiger charge is -2.27. The fourth-order valence-corrected chi connectivity index (χ4v) is 3.55. The summed E-state index contributed by atoms with van der Waals surface area (Å²) >= 11 is 3.35. The molecule has 0 spiro atoms. The number of benzene rings is 1. The second-order valence-electron chi connectivity index (χ2n) is 6.06. The molecule has 0 saturated carbocycles. The summed E-state index contributed by atoms with van der Waals surface area (Å²) in [4.78, 5) is 23.5. The summed E-state index contributed by atoms with van der Waals surface area (Å²) in [7, 11) is 0. The first kappa shape index (κ1) is 23.1. The Kier molecular flexibility index (Phi) is 7.72. The minimum atomic E-state index is -1.15. The molecule has 30 heavy (non-hydrogen) atoms. The highest BCUT2D eigenvalue weighted by Crippen LogP contribution is 2.45. The highest BCUT2D eigenvalue weighted by molar-refractivity contribution is 9.10. The van der Waals surface area contributed by atoms with E-state index in [1.807, 2.05) is 6.07 Å². The van der Waals surface area contributed by atoms with E-state index in [2.05, 4.69) is 15.9 Å². The number of hydrogen-bond acceptors (Lipinski definition) is 8. The second-order valence-corrected chi connectivity index (χ2v) is 6.91. The van der Waals surface area contributed by atoms with Crippen molar-refractivity contribution in [3.8, 4) is 17.6 Å². The van der Waals surface area contributed by atoms with Crippen molar-refractivity contribution in [3.05, 3.63) is 45.0 Å². The number of carbonyl (C=O) groups is 2. The van der Waals surface area contributed by atoms with Crippen molar-refractivity contribution in [1.29, 1.82) is 5.26 Å². The van der Waals surface area contributed by atoms with Gasteiger partial charge in [-0.25, -0.2) is 9.59 Å². The molecule has 1 unspecified atom stereocenters. The summed E-state index contributed by atoms with van der Waals surface area (Å²) in [5.41, 5.74) is 6.56. The summed E-state index contributed by atoms with van der Waals surface area (Å²) < 4.78 is 21.9. The maximum absolute atomic E-state index is 12.6. The molecular weight excluding hydrogens is 460 g/mol. The molecule has 0 aliphatic carbocycles. The summed E-state index contributed by atoms with van der Waals surface area (Å²) in [6, 6.07) is 5.17. The Morgan fingerprint density at radius 3 is 2.57 bits per heavy atom. The lowest BCUT2D eigenvalue weighted by atomic mass is 9.83. The van der Waals surface area contributed by atoms with Crippen molar-refractivity contribution < 1.29 is 33.6 Å². The van der Waals surface area contributed by atoms with Gasteiger partial charge in [-0.15, -0.1) is 0 Å². The van der Waals surface area contributed by atoms with Crippen LogP contribution in [0.1, 0.15) is 32.3 Å². The van der Waals surface area contributed by atoms with Crippen LogP contribution in [0.15, 0.2) is 39.4 Å². The van der Waals surface area contributed by atoms with E-state index in [1.165, 1.54) is 0 Å². The Morgan fingerprint density at radius 2 is 2.00 bits per heavy atom. The van der Waals surface area contributed by atoms with Crippen LogP contribution in [0.5, 0.6) is 11.5 Å². The van der Waals surface area contributed by atoms with Gasteiger partial charge in [0.25, 0.3) is 0 Å². The number of carboxylic acid groups (broad SMARTS) is 1. The van der Waals surface area contributed by atoms with Crippen molar-refractivity contribution >= 4 is 27.9 Å². The highest BCUT2D eigenvalue weighted by Gasteiger charge is 2.37. The van der Waals surface area contributed by atoms with Crippen LogP contribution in [0.3, 0.4) is 0 Å². The minimum Gasteiger partial charge on any atom is -0.490 e. The zero-order valence-corrected chi connectivity index (χ0v) is 18.2. The minimum absolute atomic E-state index is 0.0391. The molecule has 0 fully saturated rings. The van der Waals surface area contributed by atoms with E-state index < -0.39 is 24.5 Å². The summed E-state index contributed by atoms with van der Waals surface area (Å²) in [6.07, 6.45) is 0. The maximum Gasteiger partial charge on any atom is 0.341 e. The number of carbonyl (C=O) groups excluding carboxylic acids is 1. The zero-order chi connectivity index (χ0) is 22.4. The highest BCUT2D eigenvalue weighted by atomic mass is 79.9. The number of allylic oxidation sites excluding steroid dienone is 2. The molecule has 1 aromatic rings. The summed E-state index contributed by atoms with van der Waals surface area (Å²) in [5.74, 6) is -2.13. The zero-order valence-electron chi connectivity index (χ0n) is 16.7. The molecule has 1 aromatic carbocycles. The summed E-state index contributed by atoms with van der Waals surface area (Å²) in [5, 5.41) is 18.6. The predicted molar refractivity (Wildman–Crippen MR) is 108 cm³/mol. The fourth-order valence-electron chi connectivity index (χ4n) is 2.98. The number of nitriles is 1. The van der Waals surface area contributed by atoms with E-state index in [0.29, 0.717) is 10.0 Å². The molecule has 3 N–H and O–H groups in total. The number of nitrogens with zero attached hydrogens (tertiary/aromatic N) is 1. The molecule has 1 aliphatic heterocycles. The standard InChI is InChI=1S/C20H21BrN2O7/c1-4-27-14-7-11(6-13(21)18(14)29-9-15(24)25)17-12(8-22)19(23)30-10(3)16(17)20(26)28-5-2/h6-7,17H,4-5,9,23H2,1-3H3,(H,24,25). The SMILES string of the molecule is CCOC(=O)C1=C(C)OC(N)=C(C#N)C1c1cc(Br)c(OCC(=O)O)c(OCC)c1. The monoisotopic (exact) mass is 480 g/mol. The van der Waals surface area contributed by atoms with Gasteiger partial charge in [-0.2, -0.15) is 5.26 Å². The van der Waals surface area contributed by atoms with Gasteiger partial charge in [-0.1, -0.05) is 0 Å². The van der Waals surface area contributed by atoms with Gasteiger partial charge in [-0.05, 0) is 54.4 Å². The van der Waals surface area contributed by atoms with Crippen LogP contribution in [-0.2, 0) is 19.1 Å². The first-order valence-electron chi connectivity index (χ1n) is 9.01. The van der Waals surface area contributed by atoms with Crippen LogP contribution in [-0.4, -0.2) is 36.9 Å². The molecule has 1 atom stereocenters. The van der Waals surface area contributed by atoms with Gasteiger partial charge in [0.1, 0.15) is 17.4 Å². The molecule has 1 heterocycles. The Labute approximate surface area is 181 Å². The average Bonchev–Trinajstić information content (AvgIpc) is 2.66. The van der Waals surface area contributed by atoms with Crippen molar-refractivity contribution in [2.45, 2.75) is 26.7 Å². The van der Waals surface area contributed by atoms with E-state index in [4.69, 9.17) is 29.8 Å². The number of aliphatic carboxylic acids is 1. The normalized spacial score (nSPS) is 15.9. The van der Waals surface area contributed by atoms with Crippen molar-refractivity contribution in [2.75, 3.05) is 19.8 Å². The number of rotatable bonds is 8. The molecule has 1 aliphatic rings. The van der Waals surface area contributed by atoms with E-state index in [0.717, 1.165) is 0 Å². The van der Waals surface area contributed by atoms with Crippen LogP contribution in [0.4, 0.5) is 0 Å². The van der Waals surface area contributed by atoms with Gasteiger partial charge in [0, 0.05) is 0 Å². The summed E-state index contributed by atoms with van der Waals surface area (Å²) in [6.45, 7) is 4.82. The molecule has 160 valence electrons. The Balaban J connectivity index is 2.67. The Bertz CT molecular complexity index is 963. The third-order valence-corrected chi connectivity index (χ3v) is 4.70. The van der Waals surface area contributed by atoms with Crippen LogP contribution in [0.25, 0.3) is 0 Å². The van der Waals surface area contributed by atoms with E-state index in [1.54, 1.807) is 32.9 Å². The van der Waals surface area contributed by atoms with Gasteiger partial charge in [-0.3, -0.25) is 0 Å². The van der Waals surface area contributed by atoms with Crippen LogP contribution >= 0.6 is 15.9 Å². The lowest BCUT2D eigenvalue weighted by molar-refractivity contribution is -0.140. The van der Waals surface area contributed by atoms with Crippen LogP contribution in [0.2, 0.25) is 0 Å². The van der Waals surface area contributed by atoms with Crippen LogP contribution < -0.4 is 15.2 Å². The van der Waals surface area contributed by atoms with Crippen molar-refractivity contribution in [1.82, 2.24) is 0 Å². The predicted octanol–water partition coefficient (Wildman–Crippen LogP) is 2.96. The molecule has 0 saturated heterocycles. The molecule has 2 rings (SSSR count). The third-order valence-electron chi connectivity index (χ3n) is 4.11. The van der Waals surface area contributed by atoms with Gasteiger partial charge < -0.3 is 29.8 Å². The first-order valence-corrected chi connectivity index (χ1v) is 9.80. The average molecular weight is 481 g/mol. The molecule has 0 radical (unpaired) electrons. The van der Waals surface area contributed by atoms with Crippen LogP contribution in [0, 0.1) is 11.3 Å². The fraction of sp³-hybridized carbons (Fsp3) is 0.350. The largest absolute Gasteiger partial charge is 0.490 e. The molecular formula is C20H21BrN2O7. The Hall–Kier alpha value is -3.19. The van der Waals surface area contributed by atoms with Gasteiger partial charge in [0.05, 0.1) is 29.2 Å². The molecule has 10 heteroatoms. The number of esters is 1. The first-order chi connectivity index (χ1) is 14.2. The molecule has 0 aromatic heterocycles. The maximum atomic E-state index is 12.6. The lowest BCUT2D eigenvalue weighted by Crippen LogP contribution is -2.25. The van der Waals surface area contributed by atoms with E-state index in [9.17, 15) is 14.9 Å². The van der Waals surface area contributed by atoms with Gasteiger partial charge in [0.15, 0.2) is 18.1 Å². The third kappa shape index (κ3) is 4.86. The van der Waals surface area contributed by atoms with Gasteiger partial charge in [0.2, 0.25) is 5.88 Å². The van der Waals surface area contributed by atoms with Crippen molar-refractivity contribution in [2.24, 2.45) is 5.73 Å². The number of nitrogens with two attached hydrogens (primary N) is 1. The number of hydrogen-bond donors (Lipinski definition) is 2.